The van der Waals surface area contributed by atoms with Gasteiger partial charge in [-0.05, 0) is 22.3 Å². The molecule has 0 fully saturated rings. The first kappa shape index (κ1) is 14.6. The van der Waals surface area contributed by atoms with Crippen LogP contribution in [0.4, 0.5) is 8.78 Å². The normalized spacial score (nSPS) is 11.0. The molecule has 0 atom stereocenters. The molecule has 0 aliphatic heterocycles. The molecular formula is C16H17F2NO. The molecule has 0 saturated heterocycles. The van der Waals surface area contributed by atoms with Crippen LogP contribution in [-0.2, 0) is 17.9 Å². The molecule has 2 aromatic rings. The lowest BCUT2D eigenvalue weighted by atomic mass is 9.99. The molecular weight excluding hydrogens is 260 g/mol. The van der Waals surface area contributed by atoms with Crippen molar-refractivity contribution in [2.24, 2.45) is 5.73 Å². The van der Waals surface area contributed by atoms with Crippen LogP contribution < -0.4 is 5.73 Å². The zero-order chi connectivity index (χ0) is 14.4. The third kappa shape index (κ3) is 3.85. The third-order valence-corrected chi connectivity index (χ3v) is 3.01. The van der Waals surface area contributed by atoms with E-state index < -0.39 is 13.0 Å². The molecule has 0 unspecified atom stereocenters. The minimum Gasteiger partial charge on any atom is -0.371 e. The van der Waals surface area contributed by atoms with Crippen molar-refractivity contribution in [3.8, 4) is 11.1 Å². The number of hydrogen-bond acceptors (Lipinski definition) is 2. The van der Waals surface area contributed by atoms with Crippen LogP contribution in [0.2, 0.25) is 0 Å². The van der Waals surface area contributed by atoms with Crippen molar-refractivity contribution in [2.75, 3.05) is 6.61 Å². The van der Waals surface area contributed by atoms with E-state index >= 15 is 0 Å². The van der Waals surface area contributed by atoms with Gasteiger partial charge in [0.2, 0.25) is 0 Å². The number of nitrogens with two attached hydrogens (primary N) is 1. The second-order valence-corrected chi connectivity index (χ2v) is 4.46. The van der Waals surface area contributed by atoms with Gasteiger partial charge in [0.25, 0.3) is 6.43 Å². The zero-order valence-corrected chi connectivity index (χ0v) is 11.1. The minimum atomic E-state index is -2.43. The number of alkyl halides is 2. The summed E-state index contributed by atoms with van der Waals surface area (Å²) in [5.41, 5.74) is 9.83. The smallest absolute Gasteiger partial charge is 0.261 e. The molecule has 2 nitrogen and oxygen atoms in total. The van der Waals surface area contributed by atoms with Gasteiger partial charge in [-0.1, -0.05) is 48.5 Å². The molecule has 0 amide bonds. The minimum absolute atomic E-state index is 0.198. The Balaban J connectivity index is 2.08. The Morgan fingerprint density at radius 1 is 1.00 bits per heavy atom. The maximum absolute atomic E-state index is 12.0. The Bertz CT molecular complexity index is 540. The van der Waals surface area contributed by atoms with Crippen LogP contribution >= 0.6 is 0 Å². The van der Waals surface area contributed by atoms with Crippen LogP contribution in [0.25, 0.3) is 11.1 Å². The summed E-state index contributed by atoms with van der Waals surface area (Å²) in [5, 5.41) is 0. The number of ether oxygens (including phenoxy) is 1. The van der Waals surface area contributed by atoms with Crippen molar-refractivity contribution in [1.82, 2.24) is 0 Å². The Hall–Kier alpha value is -1.78. The Morgan fingerprint density at radius 2 is 1.70 bits per heavy atom. The van der Waals surface area contributed by atoms with Gasteiger partial charge in [-0.3, -0.25) is 0 Å². The Kier molecular flexibility index (Phi) is 5.21. The highest BCUT2D eigenvalue weighted by molar-refractivity contribution is 5.67. The van der Waals surface area contributed by atoms with Gasteiger partial charge in [-0.25, -0.2) is 8.78 Å². The van der Waals surface area contributed by atoms with Crippen LogP contribution in [0.3, 0.4) is 0 Å². The van der Waals surface area contributed by atoms with E-state index in [9.17, 15) is 8.78 Å². The molecule has 0 heterocycles. The summed E-state index contributed by atoms with van der Waals surface area (Å²) in [6, 6.07) is 15.6. The highest BCUT2D eigenvalue weighted by atomic mass is 19.3. The number of benzene rings is 2. The van der Waals surface area contributed by atoms with Gasteiger partial charge >= 0.3 is 0 Å². The highest BCUT2D eigenvalue weighted by Crippen LogP contribution is 2.23. The molecule has 0 bridgehead atoms. The van der Waals surface area contributed by atoms with Crippen LogP contribution in [0, 0.1) is 0 Å². The molecule has 20 heavy (non-hydrogen) atoms. The summed E-state index contributed by atoms with van der Waals surface area (Å²) < 4.78 is 28.8. The zero-order valence-electron chi connectivity index (χ0n) is 11.1. The number of rotatable bonds is 6. The van der Waals surface area contributed by atoms with Gasteiger partial charge in [0, 0.05) is 6.54 Å². The fourth-order valence-corrected chi connectivity index (χ4v) is 2.03. The summed E-state index contributed by atoms with van der Waals surface area (Å²) in [5.74, 6) is 0. The van der Waals surface area contributed by atoms with Gasteiger partial charge in [-0.15, -0.1) is 0 Å². The Morgan fingerprint density at radius 3 is 2.35 bits per heavy atom. The first-order valence-electron chi connectivity index (χ1n) is 6.44. The van der Waals surface area contributed by atoms with Gasteiger partial charge in [0.05, 0.1) is 6.61 Å². The van der Waals surface area contributed by atoms with E-state index in [4.69, 9.17) is 10.5 Å². The van der Waals surface area contributed by atoms with E-state index in [0.717, 1.165) is 22.3 Å². The van der Waals surface area contributed by atoms with Crippen molar-refractivity contribution in [3.63, 3.8) is 0 Å². The molecule has 0 aliphatic rings. The van der Waals surface area contributed by atoms with Gasteiger partial charge in [0.15, 0.2) is 0 Å². The van der Waals surface area contributed by atoms with E-state index in [-0.39, 0.29) is 6.61 Å². The molecule has 4 heteroatoms. The maximum atomic E-state index is 12.0. The molecule has 2 aromatic carbocycles. The quantitative estimate of drug-likeness (QED) is 0.875. The Labute approximate surface area is 117 Å². The summed E-state index contributed by atoms with van der Waals surface area (Å²) in [6.45, 7) is 0.149. The maximum Gasteiger partial charge on any atom is 0.261 e. The predicted molar refractivity (Wildman–Crippen MR) is 75.4 cm³/mol. The van der Waals surface area contributed by atoms with E-state index in [1.54, 1.807) is 0 Å². The largest absolute Gasteiger partial charge is 0.371 e. The lowest BCUT2D eigenvalue weighted by Gasteiger charge is -2.09. The van der Waals surface area contributed by atoms with Crippen molar-refractivity contribution < 1.29 is 13.5 Å². The summed E-state index contributed by atoms with van der Waals surface area (Å²) in [7, 11) is 0. The van der Waals surface area contributed by atoms with E-state index in [0.29, 0.717) is 6.54 Å². The van der Waals surface area contributed by atoms with E-state index in [1.165, 1.54) is 0 Å². The van der Waals surface area contributed by atoms with Crippen molar-refractivity contribution in [1.29, 1.82) is 0 Å². The van der Waals surface area contributed by atoms with Crippen LogP contribution in [0.5, 0.6) is 0 Å². The molecule has 2 rings (SSSR count). The molecule has 0 aromatic heterocycles. The second kappa shape index (κ2) is 7.12. The van der Waals surface area contributed by atoms with Crippen molar-refractivity contribution >= 4 is 0 Å². The summed E-state index contributed by atoms with van der Waals surface area (Å²) in [4.78, 5) is 0. The first-order chi connectivity index (χ1) is 9.70. The first-order valence-corrected chi connectivity index (χ1v) is 6.44. The average molecular weight is 277 g/mol. The van der Waals surface area contributed by atoms with Crippen LogP contribution in [0.15, 0.2) is 48.5 Å². The standard InChI is InChI=1S/C16H17F2NO/c17-16(18)11-20-10-12-5-7-13(8-6-12)15-4-2-1-3-14(15)9-19/h1-8,16H,9-11,19H2. The lowest BCUT2D eigenvalue weighted by molar-refractivity contribution is 0.00988. The molecule has 2 N–H and O–H groups in total. The summed E-state index contributed by atoms with van der Waals surface area (Å²) in [6.07, 6.45) is -2.43. The van der Waals surface area contributed by atoms with Gasteiger partial charge in [-0.2, -0.15) is 0 Å². The molecule has 0 saturated carbocycles. The van der Waals surface area contributed by atoms with Crippen molar-refractivity contribution in [2.45, 2.75) is 19.6 Å². The molecule has 0 spiro atoms. The summed E-state index contributed by atoms with van der Waals surface area (Å²) >= 11 is 0. The molecule has 0 radical (unpaired) electrons. The number of halogens is 2. The second-order valence-electron chi connectivity index (χ2n) is 4.46. The van der Waals surface area contributed by atoms with E-state index in [1.807, 2.05) is 48.5 Å². The number of hydrogen-bond donors (Lipinski definition) is 1. The monoisotopic (exact) mass is 277 g/mol. The topological polar surface area (TPSA) is 35.2 Å². The van der Waals surface area contributed by atoms with Gasteiger partial charge in [0.1, 0.15) is 6.61 Å². The van der Waals surface area contributed by atoms with Gasteiger partial charge < -0.3 is 10.5 Å². The highest BCUT2D eigenvalue weighted by Gasteiger charge is 2.04. The van der Waals surface area contributed by atoms with Crippen LogP contribution in [0.1, 0.15) is 11.1 Å². The fraction of sp³-hybridized carbons (Fsp3) is 0.250. The average Bonchev–Trinajstić information content (AvgIpc) is 2.47. The van der Waals surface area contributed by atoms with E-state index in [2.05, 4.69) is 0 Å². The predicted octanol–water partition coefficient (Wildman–Crippen LogP) is 3.59. The fourth-order valence-electron chi connectivity index (χ4n) is 2.03. The third-order valence-electron chi connectivity index (χ3n) is 3.01. The molecule has 0 aliphatic carbocycles. The van der Waals surface area contributed by atoms with Crippen LogP contribution in [-0.4, -0.2) is 13.0 Å². The van der Waals surface area contributed by atoms with Crippen molar-refractivity contribution in [3.05, 3.63) is 59.7 Å². The molecule has 106 valence electrons. The SMILES string of the molecule is NCc1ccccc1-c1ccc(COCC(F)F)cc1. The lowest BCUT2D eigenvalue weighted by Crippen LogP contribution is -2.04.